The lowest BCUT2D eigenvalue weighted by atomic mass is 10.2. The number of rotatable bonds is 4. The van der Waals surface area contributed by atoms with Crippen LogP contribution < -0.4 is 4.74 Å². The summed E-state index contributed by atoms with van der Waals surface area (Å²) in [7, 11) is 3.33. The highest BCUT2D eigenvalue weighted by Gasteiger charge is 2.16. The Bertz CT molecular complexity index is 382. The molecule has 16 heavy (non-hydrogen) atoms. The summed E-state index contributed by atoms with van der Waals surface area (Å²) in [5.74, 6) is 0.546. The molecule has 5 heteroatoms. The summed E-state index contributed by atoms with van der Waals surface area (Å²) in [6, 6.07) is 5.38. The molecule has 0 saturated heterocycles. The van der Waals surface area contributed by atoms with E-state index in [2.05, 4.69) is 31.9 Å². The fourth-order valence-electron chi connectivity index (χ4n) is 1.28. The third-order valence-electron chi connectivity index (χ3n) is 2.16. The Morgan fingerprint density at radius 1 is 1.50 bits per heavy atom. The first-order valence-corrected chi connectivity index (χ1v) is 6.66. The number of methoxy groups -OCH3 is 1. The van der Waals surface area contributed by atoms with Crippen LogP contribution in [0.3, 0.4) is 0 Å². The van der Waals surface area contributed by atoms with Gasteiger partial charge in [0.2, 0.25) is 0 Å². The van der Waals surface area contributed by atoms with Crippen molar-refractivity contribution in [3.8, 4) is 5.75 Å². The van der Waals surface area contributed by atoms with Crippen LogP contribution in [0.1, 0.15) is 10.4 Å². The molecule has 0 unspecified atom stereocenters. The highest BCUT2D eigenvalue weighted by atomic mass is 79.9. The number of benzene rings is 1. The molecule has 0 aliphatic carbocycles. The van der Waals surface area contributed by atoms with Crippen molar-refractivity contribution in [3.05, 3.63) is 28.2 Å². The molecule has 1 aromatic carbocycles. The van der Waals surface area contributed by atoms with Gasteiger partial charge in [-0.05, 0) is 18.2 Å². The molecule has 0 bridgehead atoms. The number of hydrogen-bond acceptors (Lipinski definition) is 2. The Labute approximate surface area is 112 Å². The minimum atomic E-state index is -0.0381. The van der Waals surface area contributed by atoms with Gasteiger partial charge in [0, 0.05) is 23.4 Å². The second kappa shape index (κ2) is 6.25. The monoisotopic (exact) mass is 349 g/mol. The summed E-state index contributed by atoms with van der Waals surface area (Å²) in [5.41, 5.74) is 0.578. The van der Waals surface area contributed by atoms with Crippen LogP contribution in [-0.2, 0) is 0 Å². The zero-order chi connectivity index (χ0) is 12.1. The van der Waals surface area contributed by atoms with Gasteiger partial charge in [-0.1, -0.05) is 31.9 Å². The van der Waals surface area contributed by atoms with Crippen molar-refractivity contribution in [3.63, 3.8) is 0 Å². The molecule has 3 nitrogen and oxygen atoms in total. The molecule has 1 rings (SSSR count). The normalized spacial score (nSPS) is 10.0. The summed E-state index contributed by atoms with van der Waals surface area (Å²) in [6.45, 7) is 0.665. The molecular formula is C11H13Br2NO2. The number of alkyl halides is 1. The molecule has 0 saturated carbocycles. The quantitative estimate of drug-likeness (QED) is 0.781. The highest BCUT2D eigenvalue weighted by Crippen LogP contribution is 2.24. The van der Waals surface area contributed by atoms with Crippen LogP contribution in [0.5, 0.6) is 5.75 Å². The largest absolute Gasteiger partial charge is 0.496 e. The molecule has 0 aliphatic heterocycles. The third kappa shape index (κ3) is 3.22. The van der Waals surface area contributed by atoms with Crippen LogP contribution in [0.15, 0.2) is 22.7 Å². The average Bonchev–Trinajstić information content (AvgIpc) is 2.28. The van der Waals surface area contributed by atoms with Gasteiger partial charge in [-0.2, -0.15) is 0 Å². The number of nitrogens with zero attached hydrogens (tertiary/aromatic N) is 1. The smallest absolute Gasteiger partial charge is 0.257 e. The minimum Gasteiger partial charge on any atom is -0.496 e. The molecule has 1 amide bonds. The van der Waals surface area contributed by atoms with E-state index in [1.54, 1.807) is 31.2 Å². The van der Waals surface area contributed by atoms with E-state index in [9.17, 15) is 4.79 Å². The van der Waals surface area contributed by atoms with Crippen LogP contribution >= 0.6 is 31.9 Å². The lowest BCUT2D eigenvalue weighted by molar-refractivity contribution is 0.0800. The third-order valence-corrected chi connectivity index (χ3v) is 3.01. The number of amides is 1. The molecule has 0 N–H and O–H groups in total. The predicted octanol–water partition coefficient (Wildman–Crippen LogP) is 2.92. The van der Waals surface area contributed by atoms with E-state index in [0.717, 1.165) is 9.80 Å². The SMILES string of the molecule is COc1cc(Br)ccc1C(=O)N(C)CCBr. The molecule has 0 atom stereocenters. The zero-order valence-electron chi connectivity index (χ0n) is 9.17. The minimum absolute atomic E-state index is 0.0381. The number of carbonyl (C=O) groups excluding carboxylic acids is 1. The molecular weight excluding hydrogens is 338 g/mol. The molecule has 0 aromatic heterocycles. The second-order valence-electron chi connectivity index (χ2n) is 3.26. The molecule has 88 valence electrons. The van der Waals surface area contributed by atoms with Crippen molar-refractivity contribution in [1.29, 1.82) is 0 Å². The molecule has 0 fully saturated rings. The zero-order valence-corrected chi connectivity index (χ0v) is 12.3. The first-order chi connectivity index (χ1) is 7.60. The van der Waals surface area contributed by atoms with E-state index >= 15 is 0 Å². The van der Waals surface area contributed by atoms with Gasteiger partial charge in [-0.3, -0.25) is 4.79 Å². The lowest BCUT2D eigenvalue weighted by Gasteiger charge is -2.17. The fourth-order valence-corrected chi connectivity index (χ4v) is 2.15. The summed E-state index contributed by atoms with van der Waals surface area (Å²) in [4.78, 5) is 13.7. The van der Waals surface area contributed by atoms with Crippen molar-refractivity contribution in [1.82, 2.24) is 4.90 Å². The Morgan fingerprint density at radius 3 is 2.75 bits per heavy atom. The highest BCUT2D eigenvalue weighted by molar-refractivity contribution is 9.10. The maximum absolute atomic E-state index is 12.0. The van der Waals surface area contributed by atoms with Crippen LogP contribution in [0.2, 0.25) is 0 Å². The Kier molecular flexibility index (Phi) is 5.28. The molecule has 0 radical (unpaired) electrons. The van der Waals surface area contributed by atoms with Gasteiger partial charge in [0.1, 0.15) is 5.75 Å². The number of hydrogen-bond donors (Lipinski definition) is 0. The van der Waals surface area contributed by atoms with E-state index < -0.39 is 0 Å². The summed E-state index contributed by atoms with van der Waals surface area (Å²) in [5, 5.41) is 0.758. The molecule has 0 spiro atoms. The van der Waals surface area contributed by atoms with E-state index in [-0.39, 0.29) is 5.91 Å². The molecule has 0 heterocycles. The first-order valence-electron chi connectivity index (χ1n) is 4.75. The van der Waals surface area contributed by atoms with Crippen LogP contribution in [0.4, 0.5) is 0 Å². The lowest BCUT2D eigenvalue weighted by Crippen LogP contribution is -2.28. The van der Waals surface area contributed by atoms with Crippen molar-refractivity contribution in [2.75, 3.05) is 26.0 Å². The van der Waals surface area contributed by atoms with Gasteiger partial charge in [0.05, 0.1) is 12.7 Å². The van der Waals surface area contributed by atoms with E-state index in [1.807, 2.05) is 6.07 Å². The average molecular weight is 351 g/mol. The topological polar surface area (TPSA) is 29.5 Å². The van der Waals surface area contributed by atoms with E-state index in [0.29, 0.717) is 17.9 Å². The second-order valence-corrected chi connectivity index (χ2v) is 4.97. The fraction of sp³-hybridized carbons (Fsp3) is 0.364. The maximum atomic E-state index is 12.0. The van der Waals surface area contributed by atoms with E-state index in [1.165, 1.54) is 0 Å². The first kappa shape index (κ1) is 13.5. The number of ether oxygens (including phenoxy) is 1. The van der Waals surface area contributed by atoms with E-state index in [4.69, 9.17) is 4.74 Å². The predicted molar refractivity (Wildman–Crippen MR) is 71.4 cm³/mol. The number of carbonyl (C=O) groups is 1. The van der Waals surface area contributed by atoms with Gasteiger partial charge in [0.15, 0.2) is 0 Å². The Hall–Kier alpha value is -0.550. The van der Waals surface area contributed by atoms with Crippen molar-refractivity contribution in [2.45, 2.75) is 0 Å². The van der Waals surface area contributed by atoms with Crippen molar-refractivity contribution in [2.24, 2.45) is 0 Å². The van der Waals surface area contributed by atoms with Gasteiger partial charge in [-0.25, -0.2) is 0 Å². The van der Waals surface area contributed by atoms with Gasteiger partial charge >= 0.3 is 0 Å². The van der Waals surface area contributed by atoms with Gasteiger partial charge in [-0.15, -0.1) is 0 Å². The standard InChI is InChI=1S/C11H13Br2NO2/c1-14(6-5-12)11(15)9-4-3-8(13)7-10(9)16-2/h3-4,7H,5-6H2,1-2H3. The maximum Gasteiger partial charge on any atom is 0.257 e. The number of halogens is 2. The van der Waals surface area contributed by atoms with Crippen LogP contribution in [0.25, 0.3) is 0 Å². The summed E-state index contributed by atoms with van der Waals surface area (Å²) in [6.07, 6.45) is 0. The Balaban J connectivity index is 2.98. The van der Waals surface area contributed by atoms with Crippen molar-refractivity contribution < 1.29 is 9.53 Å². The molecule has 1 aromatic rings. The molecule has 0 aliphatic rings. The van der Waals surface area contributed by atoms with Gasteiger partial charge < -0.3 is 9.64 Å². The van der Waals surface area contributed by atoms with Crippen molar-refractivity contribution >= 4 is 37.8 Å². The van der Waals surface area contributed by atoms with Gasteiger partial charge in [0.25, 0.3) is 5.91 Å². The van der Waals surface area contributed by atoms with Crippen LogP contribution in [-0.4, -0.2) is 36.8 Å². The summed E-state index contributed by atoms with van der Waals surface area (Å²) >= 11 is 6.65. The van der Waals surface area contributed by atoms with Crippen LogP contribution in [0, 0.1) is 0 Å². The summed E-state index contributed by atoms with van der Waals surface area (Å²) < 4.78 is 6.08. The Morgan fingerprint density at radius 2 is 2.19 bits per heavy atom.